The first-order valence-corrected chi connectivity index (χ1v) is 12.8. The maximum absolute atomic E-state index is 11.9. The maximum atomic E-state index is 11.9. The van der Waals surface area contributed by atoms with Gasteiger partial charge in [-0.05, 0) is 86.9 Å². The van der Waals surface area contributed by atoms with Crippen molar-refractivity contribution in [3.05, 3.63) is 12.4 Å². The van der Waals surface area contributed by atoms with E-state index in [1.54, 1.807) is 11.8 Å². The summed E-state index contributed by atoms with van der Waals surface area (Å²) in [5.41, 5.74) is -0.143. The van der Waals surface area contributed by atoms with E-state index in [9.17, 15) is 10.2 Å². The molecule has 4 nitrogen and oxygen atoms in total. The number of imidazole rings is 1. The van der Waals surface area contributed by atoms with Gasteiger partial charge in [0.1, 0.15) is 0 Å². The Labute approximate surface area is 179 Å². The highest BCUT2D eigenvalue weighted by molar-refractivity contribution is 7.99. The Hall–Kier alpha value is -0.520. The van der Waals surface area contributed by atoms with E-state index in [0.717, 1.165) is 48.4 Å². The molecule has 29 heavy (non-hydrogen) atoms. The minimum Gasteiger partial charge on any atom is -0.393 e. The lowest BCUT2D eigenvalue weighted by molar-refractivity contribution is -0.152. The molecule has 8 atom stereocenters. The van der Waals surface area contributed by atoms with Gasteiger partial charge in [-0.15, -0.1) is 0 Å². The molecule has 0 radical (unpaired) electrons. The maximum Gasteiger partial charge on any atom is 0.167 e. The number of hydrogen-bond donors (Lipinski definition) is 2. The van der Waals surface area contributed by atoms with Gasteiger partial charge in [0.25, 0.3) is 0 Å². The summed E-state index contributed by atoms with van der Waals surface area (Å²) in [4.78, 5) is 4.45. The summed E-state index contributed by atoms with van der Waals surface area (Å²) < 4.78 is 2.05. The molecule has 4 fully saturated rings. The Morgan fingerprint density at radius 1 is 1.10 bits per heavy atom. The number of fused-ring (bicyclic) bond motifs is 5. The van der Waals surface area contributed by atoms with Crippen LogP contribution in [0.1, 0.15) is 71.6 Å². The molecule has 0 unspecified atom stereocenters. The van der Waals surface area contributed by atoms with Crippen molar-refractivity contribution >= 4 is 11.8 Å². The van der Waals surface area contributed by atoms with Gasteiger partial charge in [-0.2, -0.15) is 0 Å². The predicted octanol–water partition coefficient (Wildman–Crippen LogP) is 4.65. The summed E-state index contributed by atoms with van der Waals surface area (Å²) in [6, 6.07) is 0. The minimum absolute atomic E-state index is 0.0315. The van der Waals surface area contributed by atoms with Crippen molar-refractivity contribution in [2.45, 2.75) is 88.5 Å². The Morgan fingerprint density at radius 3 is 2.66 bits per heavy atom. The Morgan fingerprint density at radius 2 is 1.90 bits per heavy atom. The molecule has 162 valence electrons. The fourth-order valence-electron chi connectivity index (χ4n) is 8.26. The lowest BCUT2D eigenvalue weighted by Crippen LogP contribution is -2.57. The number of aliphatic hydroxyl groups is 2. The van der Waals surface area contributed by atoms with Gasteiger partial charge < -0.3 is 14.8 Å². The van der Waals surface area contributed by atoms with Crippen molar-refractivity contribution < 1.29 is 10.2 Å². The minimum atomic E-state index is -0.584. The van der Waals surface area contributed by atoms with Gasteiger partial charge in [-0.1, -0.05) is 25.6 Å². The van der Waals surface area contributed by atoms with Gasteiger partial charge in [0.05, 0.1) is 11.7 Å². The molecular formula is C24H38N2O2S. The topological polar surface area (TPSA) is 58.3 Å². The quantitative estimate of drug-likeness (QED) is 0.702. The van der Waals surface area contributed by atoms with Crippen LogP contribution in [0.25, 0.3) is 0 Å². The van der Waals surface area contributed by atoms with Crippen LogP contribution in [0.3, 0.4) is 0 Å². The molecule has 0 saturated heterocycles. The molecule has 1 heterocycles. The third-order valence-electron chi connectivity index (χ3n) is 10.2. The number of nitrogens with zero attached hydrogens (tertiary/aromatic N) is 2. The van der Waals surface area contributed by atoms with Crippen LogP contribution in [0.2, 0.25) is 0 Å². The Kier molecular flexibility index (Phi) is 4.92. The van der Waals surface area contributed by atoms with Crippen molar-refractivity contribution in [1.82, 2.24) is 9.55 Å². The second-order valence-corrected chi connectivity index (χ2v) is 12.2. The van der Waals surface area contributed by atoms with Crippen molar-refractivity contribution in [3.63, 3.8) is 0 Å². The number of aromatic nitrogens is 2. The van der Waals surface area contributed by atoms with Gasteiger partial charge in [-0.3, -0.25) is 0 Å². The highest BCUT2D eigenvalue weighted by Gasteiger charge is 2.64. The Bertz CT molecular complexity index is 768. The zero-order valence-electron chi connectivity index (χ0n) is 18.3. The summed E-state index contributed by atoms with van der Waals surface area (Å²) in [7, 11) is 2.03. The third kappa shape index (κ3) is 2.97. The van der Waals surface area contributed by atoms with E-state index in [4.69, 9.17) is 0 Å². The van der Waals surface area contributed by atoms with Crippen LogP contribution in [0.4, 0.5) is 0 Å². The first-order chi connectivity index (χ1) is 13.8. The van der Waals surface area contributed by atoms with E-state index < -0.39 is 5.60 Å². The lowest BCUT2D eigenvalue weighted by Gasteiger charge is -2.61. The molecule has 4 saturated carbocycles. The summed E-state index contributed by atoms with van der Waals surface area (Å²) in [5.74, 6) is 3.66. The second kappa shape index (κ2) is 7.00. The molecule has 4 aliphatic carbocycles. The molecule has 0 bridgehead atoms. The average molecular weight is 419 g/mol. The molecular weight excluding hydrogens is 380 g/mol. The standard InChI is InChI=1S/C24H38N2O2S/c1-22-9-6-17(27)14-16(22)4-5-18-19(22)7-10-23(2)20(18)8-11-24(23,28)15-29-21-25-12-13-26(21)3/h12-13,16-20,27-28H,4-11,14-15H2,1-3H3/t16-,17-,18+,19-,20+,22-,23+,24-/m0/s1. The van der Waals surface area contributed by atoms with Crippen molar-refractivity contribution in [1.29, 1.82) is 0 Å². The van der Waals surface area contributed by atoms with E-state index in [0.29, 0.717) is 17.3 Å². The second-order valence-electron chi connectivity index (χ2n) is 11.2. The monoisotopic (exact) mass is 418 g/mol. The van der Waals surface area contributed by atoms with Gasteiger partial charge in [0.15, 0.2) is 5.16 Å². The zero-order valence-corrected chi connectivity index (χ0v) is 19.1. The van der Waals surface area contributed by atoms with Crippen molar-refractivity contribution in [3.8, 4) is 0 Å². The van der Waals surface area contributed by atoms with Crippen molar-refractivity contribution in [2.24, 2.45) is 41.5 Å². The van der Waals surface area contributed by atoms with Crippen LogP contribution in [0.5, 0.6) is 0 Å². The molecule has 0 spiro atoms. The van der Waals surface area contributed by atoms with Gasteiger partial charge in [0, 0.05) is 30.6 Å². The van der Waals surface area contributed by atoms with Crippen LogP contribution in [-0.4, -0.2) is 37.2 Å². The normalized spacial score (nSPS) is 49.3. The molecule has 0 aliphatic heterocycles. The zero-order chi connectivity index (χ0) is 20.4. The van der Waals surface area contributed by atoms with Gasteiger partial charge in [0.2, 0.25) is 0 Å². The first kappa shape index (κ1) is 20.4. The summed E-state index contributed by atoms with van der Waals surface area (Å²) in [6.07, 6.45) is 14.1. The van der Waals surface area contributed by atoms with E-state index in [1.807, 2.05) is 19.4 Å². The third-order valence-corrected chi connectivity index (χ3v) is 11.5. The molecule has 5 rings (SSSR count). The molecule has 1 aromatic rings. The number of rotatable bonds is 3. The van der Waals surface area contributed by atoms with Gasteiger partial charge >= 0.3 is 0 Å². The Balaban J connectivity index is 1.36. The number of thioether (sulfide) groups is 1. The highest BCUT2D eigenvalue weighted by Crippen LogP contribution is 2.68. The lowest BCUT2D eigenvalue weighted by atomic mass is 9.44. The average Bonchev–Trinajstić information content (AvgIpc) is 3.22. The smallest absolute Gasteiger partial charge is 0.167 e. The summed E-state index contributed by atoms with van der Waals surface area (Å²) in [6.45, 7) is 4.94. The van der Waals surface area contributed by atoms with Crippen LogP contribution >= 0.6 is 11.8 Å². The van der Waals surface area contributed by atoms with Crippen LogP contribution < -0.4 is 0 Å². The molecule has 2 N–H and O–H groups in total. The number of aryl methyl sites for hydroxylation is 1. The predicted molar refractivity (Wildman–Crippen MR) is 117 cm³/mol. The number of aliphatic hydroxyl groups excluding tert-OH is 1. The van der Waals surface area contributed by atoms with Gasteiger partial charge in [-0.25, -0.2) is 4.98 Å². The molecule has 5 heteroatoms. The fraction of sp³-hybridized carbons (Fsp3) is 0.875. The van der Waals surface area contributed by atoms with Crippen LogP contribution in [0.15, 0.2) is 17.6 Å². The fourth-order valence-corrected chi connectivity index (χ4v) is 9.50. The molecule has 0 amide bonds. The largest absolute Gasteiger partial charge is 0.393 e. The van der Waals surface area contributed by atoms with Crippen LogP contribution in [-0.2, 0) is 7.05 Å². The summed E-state index contributed by atoms with van der Waals surface area (Å²) >= 11 is 1.73. The molecule has 4 aliphatic rings. The summed E-state index contributed by atoms with van der Waals surface area (Å²) in [5, 5.41) is 23.1. The SMILES string of the molecule is Cn1ccnc1SC[C@@]1(O)CC[C@@H]2[C@@H]3CC[C@H]4C[C@@H](O)CC[C@]4(C)[C@H]3CC[C@]21C. The molecule has 0 aromatic carbocycles. The first-order valence-electron chi connectivity index (χ1n) is 11.8. The van der Waals surface area contributed by atoms with E-state index in [1.165, 1.54) is 32.1 Å². The van der Waals surface area contributed by atoms with Crippen molar-refractivity contribution in [2.75, 3.05) is 5.75 Å². The van der Waals surface area contributed by atoms with E-state index in [-0.39, 0.29) is 11.5 Å². The van der Waals surface area contributed by atoms with E-state index in [2.05, 4.69) is 23.4 Å². The molecule has 1 aromatic heterocycles. The van der Waals surface area contributed by atoms with E-state index >= 15 is 0 Å². The van der Waals surface area contributed by atoms with Crippen LogP contribution in [0, 0.1) is 34.5 Å². The number of hydrogen-bond acceptors (Lipinski definition) is 4. The highest BCUT2D eigenvalue weighted by atomic mass is 32.2.